The minimum atomic E-state index is 0.216. The van der Waals surface area contributed by atoms with Crippen LogP contribution in [0.3, 0.4) is 0 Å². The Morgan fingerprint density at radius 2 is 2.20 bits per heavy atom. The van der Waals surface area contributed by atoms with E-state index in [0.717, 1.165) is 18.7 Å². The van der Waals surface area contributed by atoms with Gasteiger partial charge in [-0.3, -0.25) is 0 Å². The predicted molar refractivity (Wildman–Crippen MR) is 85.5 cm³/mol. The molecule has 0 aliphatic heterocycles. The van der Waals surface area contributed by atoms with Crippen LogP contribution in [-0.2, 0) is 18.3 Å². The van der Waals surface area contributed by atoms with Crippen LogP contribution in [0.25, 0.3) is 0 Å². The Morgan fingerprint density at radius 3 is 2.95 bits per heavy atom. The van der Waals surface area contributed by atoms with E-state index in [2.05, 4.69) is 48.9 Å². The summed E-state index contributed by atoms with van der Waals surface area (Å²) in [6.45, 7) is 3.11. The van der Waals surface area contributed by atoms with Crippen molar-refractivity contribution in [1.29, 1.82) is 0 Å². The van der Waals surface area contributed by atoms with Crippen LogP contribution in [-0.4, -0.2) is 18.6 Å². The number of aromatic nitrogens is 1. The summed E-state index contributed by atoms with van der Waals surface area (Å²) >= 11 is 1.80. The third kappa shape index (κ3) is 2.52. The van der Waals surface area contributed by atoms with Crippen LogP contribution in [0.1, 0.15) is 34.7 Å². The molecule has 0 amide bonds. The van der Waals surface area contributed by atoms with E-state index >= 15 is 0 Å². The van der Waals surface area contributed by atoms with E-state index in [1.54, 1.807) is 11.3 Å². The molecule has 0 bridgehead atoms. The van der Waals surface area contributed by atoms with Gasteiger partial charge >= 0.3 is 0 Å². The van der Waals surface area contributed by atoms with Gasteiger partial charge in [-0.2, -0.15) is 0 Å². The number of benzene rings is 1. The largest absolute Gasteiger partial charge is 0.319 e. The first-order valence-corrected chi connectivity index (χ1v) is 8.25. The lowest BCUT2D eigenvalue weighted by molar-refractivity contribution is 0.344. The molecule has 20 heavy (non-hydrogen) atoms. The number of nitrogens with zero attached hydrogens (tertiary/aromatic N) is 1. The molecule has 3 heteroatoms. The van der Waals surface area contributed by atoms with Gasteiger partial charge in [-0.1, -0.05) is 24.3 Å². The summed E-state index contributed by atoms with van der Waals surface area (Å²) < 4.78 is 0. The Hall–Kier alpha value is -1.19. The van der Waals surface area contributed by atoms with Gasteiger partial charge in [-0.05, 0) is 44.4 Å². The van der Waals surface area contributed by atoms with Crippen LogP contribution >= 0.6 is 11.3 Å². The van der Waals surface area contributed by atoms with Gasteiger partial charge in [-0.25, -0.2) is 4.98 Å². The molecule has 1 aromatic heterocycles. The number of hydrogen-bond donors (Lipinski definition) is 1. The van der Waals surface area contributed by atoms with Gasteiger partial charge in [0.25, 0.3) is 0 Å². The first-order valence-electron chi connectivity index (χ1n) is 7.37. The van der Waals surface area contributed by atoms with Crippen molar-refractivity contribution >= 4 is 11.3 Å². The molecule has 3 rings (SSSR count). The SMILES string of the molecule is CNCC1(Cc2nc(C)cs2)CCCc2ccccc21. The van der Waals surface area contributed by atoms with Gasteiger partial charge in [0, 0.05) is 29.5 Å². The van der Waals surface area contributed by atoms with Crippen LogP contribution < -0.4 is 5.32 Å². The number of likely N-dealkylation sites (N-methyl/N-ethyl adjacent to an activating group) is 1. The van der Waals surface area contributed by atoms with Gasteiger partial charge < -0.3 is 5.32 Å². The molecule has 0 fully saturated rings. The Labute approximate surface area is 125 Å². The number of rotatable bonds is 4. The maximum atomic E-state index is 4.70. The van der Waals surface area contributed by atoms with E-state index < -0.39 is 0 Å². The molecule has 0 spiro atoms. The van der Waals surface area contributed by atoms with Crippen molar-refractivity contribution in [3.05, 3.63) is 51.5 Å². The predicted octanol–water partition coefficient (Wildman–Crippen LogP) is 3.49. The van der Waals surface area contributed by atoms with Gasteiger partial charge in [0.1, 0.15) is 0 Å². The molecule has 1 aliphatic rings. The topological polar surface area (TPSA) is 24.9 Å². The molecule has 0 radical (unpaired) electrons. The van der Waals surface area contributed by atoms with E-state index in [9.17, 15) is 0 Å². The van der Waals surface area contributed by atoms with Crippen molar-refractivity contribution in [3.8, 4) is 0 Å². The summed E-state index contributed by atoms with van der Waals surface area (Å²) in [6, 6.07) is 8.97. The average Bonchev–Trinajstić information content (AvgIpc) is 2.85. The highest BCUT2D eigenvalue weighted by Crippen LogP contribution is 2.40. The highest BCUT2D eigenvalue weighted by Gasteiger charge is 2.36. The van der Waals surface area contributed by atoms with Gasteiger partial charge in [0.15, 0.2) is 0 Å². The molecule has 2 nitrogen and oxygen atoms in total. The highest BCUT2D eigenvalue weighted by molar-refractivity contribution is 7.09. The summed E-state index contributed by atoms with van der Waals surface area (Å²) in [5.41, 5.74) is 4.43. The normalized spacial score (nSPS) is 21.7. The maximum absolute atomic E-state index is 4.70. The van der Waals surface area contributed by atoms with Crippen molar-refractivity contribution < 1.29 is 0 Å². The zero-order chi connectivity index (χ0) is 14.0. The Morgan fingerprint density at radius 1 is 1.35 bits per heavy atom. The molecule has 1 aromatic carbocycles. The second-order valence-corrected chi connectivity index (χ2v) is 6.82. The number of nitrogens with one attached hydrogen (secondary N) is 1. The fraction of sp³-hybridized carbons (Fsp3) is 0.471. The smallest absolute Gasteiger partial charge is 0.0937 e. The summed E-state index contributed by atoms with van der Waals surface area (Å²) in [5, 5.41) is 6.86. The van der Waals surface area contributed by atoms with Crippen LogP contribution in [0, 0.1) is 6.92 Å². The maximum Gasteiger partial charge on any atom is 0.0937 e. The van der Waals surface area contributed by atoms with Crippen LogP contribution in [0.4, 0.5) is 0 Å². The summed E-state index contributed by atoms with van der Waals surface area (Å²) in [7, 11) is 2.06. The van der Waals surface area contributed by atoms with E-state index in [-0.39, 0.29) is 5.41 Å². The molecule has 1 atom stereocenters. The van der Waals surface area contributed by atoms with Crippen LogP contribution in [0.15, 0.2) is 29.6 Å². The zero-order valence-corrected chi connectivity index (χ0v) is 13.1. The van der Waals surface area contributed by atoms with Gasteiger partial charge in [-0.15, -0.1) is 11.3 Å². The van der Waals surface area contributed by atoms with E-state index in [1.165, 1.54) is 35.4 Å². The molecule has 0 saturated heterocycles. The number of fused-ring (bicyclic) bond motifs is 1. The second-order valence-electron chi connectivity index (χ2n) is 5.88. The van der Waals surface area contributed by atoms with E-state index in [1.807, 2.05) is 0 Å². The Balaban J connectivity index is 2.00. The highest BCUT2D eigenvalue weighted by atomic mass is 32.1. The third-order valence-corrected chi connectivity index (χ3v) is 5.33. The molecule has 106 valence electrons. The molecule has 1 unspecified atom stereocenters. The fourth-order valence-electron chi connectivity index (χ4n) is 3.55. The molecule has 1 N–H and O–H groups in total. The first kappa shape index (κ1) is 13.8. The molecule has 1 heterocycles. The van der Waals surface area contributed by atoms with Crippen molar-refractivity contribution in [1.82, 2.24) is 10.3 Å². The summed E-state index contributed by atoms with van der Waals surface area (Å²) in [4.78, 5) is 4.70. The standard InChI is InChI=1S/C17H22N2S/c1-13-11-20-16(19-13)10-17(12-18-2)9-5-7-14-6-3-4-8-15(14)17/h3-4,6,8,11,18H,5,7,9-10,12H2,1-2H3. The monoisotopic (exact) mass is 286 g/mol. The minimum Gasteiger partial charge on any atom is -0.319 e. The summed E-state index contributed by atoms with van der Waals surface area (Å²) in [6.07, 6.45) is 4.81. The zero-order valence-electron chi connectivity index (χ0n) is 12.3. The Kier molecular flexibility index (Phi) is 3.90. The van der Waals surface area contributed by atoms with Gasteiger partial charge in [0.2, 0.25) is 0 Å². The fourth-order valence-corrected chi connectivity index (χ4v) is 4.46. The third-order valence-electron chi connectivity index (χ3n) is 4.36. The summed E-state index contributed by atoms with van der Waals surface area (Å²) in [5.74, 6) is 0. The van der Waals surface area contributed by atoms with Crippen molar-refractivity contribution in [2.45, 2.75) is 38.0 Å². The quantitative estimate of drug-likeness (QED) is 0.930. The average molecular weight is 286 g/mol. The van der Waals surface area contributed by atoms with Crippen molar-refractivity contribution in [2.24, 2.45) is 0 Å². The lowest BCUT2D eigenvalue weighted by Crippen LogP contribution is -2.41. The molecule has 2 aromatic rings. The molecular formula is C17H22N2S. The lowest BCUT2D eigenvalue weighted by atomic mass is 9.68. The van der Waals surface area contributed by atoms with Gasteiger partial charge in [0.05, 0.1) is 5.01 Å². The first-order chi connectivity index (χ1) is 9.73. The lowest BCUT2D eigenvalue weighted by Gasteiger charge is -2.39. The Bertz CT molecular complexity index is 590. The van der Waals surface area contributed by atoms with Crippen molar-refractivity contribution in [2.75, 3.05) is 13.6 Å². The number of thiazole rings is 1. The van der Waals surface area contributed by atoms with Crippen LogP contribution in [0.5, 0.6) is 0 Å². The molecule has 1 aliphatic carbocycles. The number of hydrogen-bond acceptors (Lipinski definition) is 3. The van der Waals surface area contributed by atoms with Crippen LogP contribution in [0.2, 0.25) is 0 Å². The molecular weight excluding hydrogens is 264 g/mol. The molecule has 0 saturated carbocycles. The minimum absolute atomic E-state index is 0.216. The second kappa shape index (κ2) is 5.66. The van der Waals surface area contributed by atoms with Crippen molar-refractivity contribution in [3.63, 3.8) is 0 Å². The van der Waals surface area contributed by atoms with E-state index in [0.29, 0.717) is 0 Å². The van der Waals surface area contributed by atoms with E-state index in [4.69, 9.17) is 4.98 Å². The number of aryl methyl sites for hydroxylation is 2.